The Balaban J connectivity index is 1.32. The van der Waals surface area contributed by atoms with E-state index in [2.05, 4.69) is 23.9 Å². The second-order valence-electron chi connectivity index (χ2n) is 9.64. The summed E-state index contributed by atoms with van der Waals surface area (Å²) in [5.41, 5.74) is 0.136. The molecule has 2 aromatic rings. The topological polar surface area (TPSA) is 85.0 Å². The number of hydrogen-bond donors (Lipinski definition) is 1. The minimum Gasteiger partial charge on any atom is -0.492 e. The lowest BCUT2D eigenvalue weighted by Gasteiger charge is -2.36. The number of nitrogens with zero attached hydrogens (tertiary/aromatic N) is 2. The molecule has 1 aromatic heterocycles. The summed E-state index contributed by atoms with van der Waals surface area (Å²) in [4.78, 5) is 14.2. The van der Waals surface area contributed by atoms with Crippen LogP contribution in [0.3, 0.4) is 0 Å². The molecule has 1 saturated heterocycles. The molecule has 0 amide bonds. The van der Waals surface area contributed by atoms with Crippen LogP contribution in [0.15, 0.2) is 22.7 Å². The summed E-state index contributed by atoms with van der Waals surface area (Å²) < 4.78 is 17.5. The molecule has 0 bridgehead atoms. The van der Waals surface area contributed by atoms with Gasteiger partial charge in [0.15, 0.2) is 5.58 Å². The van der Waals surface area contributed by atoms with Gasteiger partial charge in [-0.1, -0.05) is 32.8 Å². The average molecular weight is 431 g/mol. The maximum absolute atomic E-state index is 11.8. The molecule has 2 fully saturated rings. The van der Waals surface area contributed by atoms with Gasteiger partial charge in [-0.15, -0.1) is 0 Å². The van der Waals surface area contributed by atoms with Crippen LogP contribution in [0.1, 0.15) is 52.4 Å². The lowest BCUT2D eigenvalue weighted by molar-refractivity contribution is -0.150. The van der Waals surface area contributed by atoms with Gasteiger partial charge in [-0.3, -0.25) is 4.79 Å². The van der Waals surface area contributed by atoms with E-state index in [0.29, 0.717) is 43.1 Å². The Morgan fingerprint density at radius 3 is 2.68 bits per heavy atom. The van der Waals surface area contributed by atoms with E-state index in [1.807, 2.05) is 18.2 Å². The van der Waals surface area contributed by atoms with Gasteiger partial charge in [-0.2, -0.15) is 0 Å². The van der Waals surface area contributed by atoms with Crippen LogP contribution < -0.4 is 9.47 Å². The average Bonchev–Trinajstić information content (AvgIpc) is 3.40. The van der Waals surface area contributed by atoms with Crippen molar-refractivity contribution >= 4 is 16.9 Å². The van der Waals surface area contributed by atoms with Crippen LogP contribution in [-0.4, -0.2) is 54.0 Å². The van der Waals surface area contributed by atoms with E-state index in [0.717, 1.165) is 62.8 Å². The van der Waals surface area contributed by atoms with Gasteiger partial charge in [-0.05, 0) is 67.9 Å². The number of carboxylic acids is 1. The highest BCUT2D eigenvalue weighted by Gasteiger charge is 2.43. The van der Waals surface area contributed by atoms with Crippen molar-refractivity contribution in [1.82, 2.24) is 10.1 Å². The molecule has 31 heavy (non-hydrogen) atoms. The molecule has 1 saturated carbocycles. The SMILES string of the molecule is CC(C)COc1cccc2onc(OCC3CCN(CC4(C(=O)O)CCCC4)CC3)c12. The third kappa shape index (κ3) is 4.97. The summed E-state index contributed by atoms with van der Waals surface area (Å²) in [6.45, 7) is 7.96. The van der Waals surface area contributed by atoms with Crippen LogP contribution in [0.25, 0.3) is 11.0 Å². The molecule has 7 heteroatoms. The van der Waals surface area contributed by atoms with Crippen LogP contribution in [0, 0.1) is 17.3 Å². The first-order valence-electron chi connectivity index (χ1n) is 11.6. The normalized spacial score (nSPS) is 19.8. The zero-order valence-electron chi connectivity index (χ0n) is 18.6. The van der Waals surface area contributed by atoms with Crippen molar-refractivity contribution in [3.8, 4) is 11.6 Å². The molecule has 2 aliphatic rings. The van der Waals surface area contributed by atoms with E-state index in [-0.39, 0.29) is 0 Å². The van der Waals surface area contributed by atoms with Crippen molar-refractivity contribution in [3.05, 3.63) is 18.2 Å². The lowest BCUT2D eigenvalue weighted by Crippen LogP contribution is -2.45. The minimum absolute atomic E-state index is 0.425. The van der Waals surface area contributed by atoms with E-state index in [1.165, 1.54) is 0 Å². The zero-order valence-corrected chi connectivity index (χ0v) is 18.6. The number of hydrogen-bond acceptors (Lipinski definition) is 6. The fraction of sp³-hybridized carbons (Fsp3) is 0.667. The summed E-state index contributed by atoms with van der Waals surface area (Å²) in [6.07, 6.45) is 5.69. The second kappa shape index (κ2) is 9.47. The number of carboxylic acid groups (broad SMARTS) is 1. The van der Waals surface area contributed by atoms with Gasteiger partial charge in [0.1, 0.15) is 11.1 Å². The highest BCUT2D eigenvalue weighted by Crippen LogP contribution is 2.40. The van der Waals surface area contributed by atoms with E-state index in [1.54, 1.807) is 0 Å². The number of benzene rings is 1. The number of likely N-dealkylation sites (tertiary alicyclic amines) is 1. The first-order chi connectivity index (χ1) is 15.0. The smallest absolute Gasteiger partial charge is 0.310 e. The number of piperidine rings is 1. The van der Waals surface area contributed by atoms with Gasteiger partial charge in [-0.25, -0.2) is 0 Å². The summed E-state index contributed by atoms with van der Waals surface area (Å²) in [6, 6.07) is 5.70. The third-order valence-electron chi connectivity index (χ3n) is 6.70. The van der Waals surface area contributed by atoms with E-state index < -0.39 is 11.4 Å². The number of aromatic nitrogens is 1. The summed E-state index contributed by atoms with van der Waals surface area (Å²) in [7, 11) is 0. The molecule has 0 spiro atoms. The van der Waals surface area contributed by atoms with Gasteiger partial charge in [0.05, 0.1) is 18.6 Å². The van der Waals surface area contributed by atoms with Crippen molar-refractivity contribution in [2.24, 2.45) is 17.3 Å². The van der Waals surface area contributed by atoms with E-state index >= 15 is 0 Å². The monoisotopic (exact) mass is 430 g/mol. The number of aliphatic carboxylic acids is 1. The second-order valence-corrected chi connectivity index (χ2v) is 9.64. The van der Waals surface area contributed by atoms with Gasteiger partial charge < -0.3 is 24.0 Å². The number of fused-ring (bicyclic) bond motifs is 1. The Morgan fingerprint density at radius 2 is 2.00 bits per heavy atom. The largest absolute Gasteiger partial charge is 0.492 e. The number of carbonyl (C=O) groups is 1. The van der Waals surface area contributed by atoms with Gasteiger partial charge in [0, 0.05) is 6.54 Å². The number of ether oxygens (including phenoxy) is 2. The predicted octanol–water partition coefficient (Wildman–Crippen LogP) is 4.60. The molecule has 1 aliphatic carbocycles. The Morgan fingerprint density at radius 1 is 1.26 bits per heavy atom. The molecular weight excluding hydrogens is 396 g/mol. The maximum atomic E-state index is 11.8. The standard InChI is InChI=1S/C24H34N2O5/c1-17(2)14-29-19-6-5-7-20-21(19)22(25-31-20)30-15-18-8-12-26(13-9-18)16-24(23(27)28)10-3-4-11-24/h5-7,17-18H,3-4,8-16H2,1-2H3,(H,27,28). The highest BCUT2D eigenvalue weighted by atomic mass is 16.5. The molecule has 1 aromatic carbocycles. The first-order valence-corrected chi connectivity index (χ1v) is 11.6. The molecule has 0 radical (unpaired) electrons. The zero-order chi connectivity index (χ0) is 21.8. The fourth-order valence-corrected chi connectivity index (χ4v) is 4.84. The maximum Gasteiger partial charge on any atom is 0.310 e. The summed E-state index contributed by atoms with van der Waals surface area (Å²) in [5.74, 6) is 1.47. The van der Waals surface area contributed by atoms with Crippen molar-refractivity contribution in [2.45, 2.75) is 52.4 Å². The lowest BCUT2D eigenvalue weighted by atomic mass is 9.84. The Kier molecular flexibility index (Phi) is 6.70. The van der Waals surface area contributed by atoms with Crippen LogP contribution in [0.4, 0.5) is 0 Å². The van der Waals surface area contributed by atoms with E-state index in [4.69, 9.17) is 14.0 Å². The molecule has 0 unspecified atom stereocenters. The van der Waals surface area contributed by atoms with Crippen LogP contribution >= 0.6 is 0 Å². The van der Waals surface area contributed by atoms with Crippen molar-refractivity contribution in [2.75, 3.05) is 32.8 Å². The molecule has 7 nitrogen and oxygen atoms in total. The van der Waals surface area contributed by atoms with Crippen LogP contribution in [0.2, 0.25) is 0 Å². The van der Waals surface area contributed by atoms with Gasteiger partial charge >= 0.3 is 5.97 Å². The Labute approximate surface area is 183 Å². The van der Waals surface area contributed by atoms with Gasteiger partial charge in [0.25, 0.3) is 5.88 Å². The quantitative estimate of drug-likeness (QED) is 0.622. The van der Waals surface area contributed by atoms with Crippen LogP contribution in [-0.2, 0) is 4.79 Å². The summed E-state index contributed by atoms with van der Waals surface area (Å²) >= 11 is 0. The summed E-state index contributed by atoms with van der Waals surface area (Å²) in [5, 5.41) is 14.7. The fourth-order valence-electron chi connectivity index (χ4n) is 4.84. The molecule has 2 heterocycles. The van der Waals surface area contributed by atoms with E-state index in [9.17, 15) is 9.90 Å². The third-order valence-corrected chi connectivity index (χ3v) is 6.70. The molecule has 1 aliphatic heterocycles. The molecular formula is C24H34N2O5. The molecule has 170 valence electrons. The first kappa shape index (κ1) is 21.9. The van der Waals surface area contributed by atoms with Gasteiger partial charge in [0.2, 0.25) is 0 Å². The van der Waals surface area contributed by atoms with Crippen molar-refractivity contribution in [1.29, 1.82) is 0 Å². The Bertz CT molecular complexity index is 879. The van der Waals surface area contributed by atoms with Crippen molar-refractivity contribution in [3.63, 3.8) is 0 Å². The Hall–Kier alpha value is -2.28. The molecule has 4 rings (SSSR count). The molecule has 0 atom stereocenters. The minimum atomic E-state index is -0.621. The highest BCUT2D eigenvalue weighted by molar-refractivity contribution is 5.88. The van der Waals surface area contributed by atoms with Crippen LogP contribution in [0.5, 0.6) is 11.6 Å². The van der Waals surface area contributed by atoms with Crippen molar-refractivity contribution < 1.29 is 23.9 Å². The predicted molar refractivity (Wildman–Crippen MR) is 118 cm³/mol. The molecule has 1 N–H and O–H groups in total. The number of rotatable bonds is 9.